The van der Waals surface area contributed by atoms with Gasteiger partial charge in [-0.2, -0.15) is 0 Å². The quantitative estimate of drug-likeness (QED) is 0.388. The van der Waals surface area contributed by atoms with E-state index in [1.807, 2.05) is 63.9 Å². The van der Waals surface area contributed by atoms with Crippen LogP contribution in [0, 0.1) is 5.82 Å². The van der Waals surface area contributed by atoms with Gasteiger partial charge in [0, 0.05) is 25.2 Å². The number of aryl methyl sites for hydroxylation is 1. The van der Waals surface area contributed by atoms with Crippen LogP contribution in [-0.2, 0) is 19.4 Å². The first-order chi connectivity index (χ1) is 16.9. The van der Waals surface area contributed by atoms with Crippen molar-refractivity contribution in [3.63, 3.8) is 0 Å². The van der Waals surface area contributed by atoms with Crippen LogP contribution in [0.3, 0.4) is 0 Å². The third kappa shape index (κ3) is 7.50. The zero-order chi connectivity index (χ0) is 26.0. The highest BCUT2D eigenvalue weighted by Crippen LogP contribution is 2.27. The van der Waals surface area contributed by atoms with Crippen LogP contribution in [-0.4, -0.2) is 42.9 Å². The highest BCUT2D eigenvalue weighted by atomic mass is 19.1. The lowest BCUT2D eigenvalue weighted by molar-refractivity contribution is 0.0719. The molecular formula is C31H41FN2O. The van der Waals surface area contributed by atoms with E-state index in [4.69, 9.17) is 0 Å². The predicted octanol–water partition coefficient (Wildman–Crippen LogP) is 7.24. The maximum atomic E-state index is 13.1. The maximum Gasteiger partial charge on any atom is 0.253 e. The number of likely N-dealkylation sites (N-methyl/N-ethyl adjacent to an activating group) is 1. The van der Waals surface area contributed by atoms with Gasteiger partial charge < -0.3 is 9.80 Å². The van der Waals surface area contributed by atoms with E-state index in [1.165, 1.54) is 28.8 Å². The topological polar surface area (TPSA) is 23.6 Å². The molecule has 0 radical (unpaired) electrons. The van der Waals surface area contributed by atoms with E-state index < -0.39 is 0 Å². The molecule has 188 valence electrons. The summed E-state index contributed by atoms with van der Waals surface area (Å²) in [7, 11) is 6.08. The molecule has 0 saturated heterocycles. The van der Waals surface area contributed by atoms with Crippen molar-refractivity contribution in [2.75, 3.05) is 21.1 Å². The van der Waals surface area contributed by atoms with Crippen LogP contribution in [0.4, 0.5) is 4.39 Å². The first-order valence-electron chi connectivity index (χ1n) is 12.8. The molecule has 0 heterocycles. The zero-order valence-corrected chi connectivity index (χ0v) is 22.4. The summed E-state index contributed by atoms with van der Waals surface area (Å²) < 4.78 is 13.1. The van der Waals surface area contributed by atoms with E-state index in [1.54, 1.807) is 12.1 Å². The van der Waals surface area contributed by atoms with Crippen LogP contribution in [0.2, 0.25) is 0 Å². The number of hydrogen-bond donors (Lipinski definition) is 0. The Balaban J connectivity index is 0.00000103. The van der Waals surface area contributed by atoms with Gasteiger partial charge in [-0.15, -0.1) is 0 Å². The molecule has 1 unspecified atom stereocenters. The average molecular weight is 477 g/mol. The Kier molecular flexibility index (Phi) is 11.1. The number of amides is 1. The standard InChI is InChI=1S/C27H29FN2O.2C2H6/c1-29(2)18-19-4-5-24-17-26(15-12-23(24)16-19)30(3)27(31)22-8-6-20(7-9-22)21-10-13-25(28)14-11-21;2*1-2/h4-11,13-14,16,26H,12,15,17-18H2,1-3H3;2*1-2H3. The van der Waals surface area contributed by atoms with E-state index in [0.29, 0.717) is 5.56 Å². The molecule has 1 aliphatic carbocycles. The summed E-state index contributed by atoms with van der Waals surface area (Å²) in [4.78, 5) is 17.2. The van der Waals surface area contributed by atoms with Crippen molar-refractivity contribution >= 4 is 5.91 Å². The van der Waals surface area contributed by atoms with Gasteiger partial charge in [0.2, 0.25) is 0 Å². The highest BCUT2D eigenvalue weighted by molar-refractivity contribution is 5.94. The van der Waals surface area contributed by atoms with Crippen molar-refractivity contribution in [1.29, 1.82) is 0 Å². The van der Waals surface area contributed by atoms with Gasteiger partial charge in [-0.25, -0.2) is 4.39 Å². The SMILES string of the molecule is CC.CC.CN(C)Cc1ccc2c(c1)CCC(N(C)C(=O)c1ccc(-c3ccc(F)cc3)cc1)C2. The van der Waals surface area contributed by atoms with Crippen molar-refractivity contribution in [3.8, 4) is 11.1 Å². The van der Waals surface area contributed by atoms with Gasteiger partial charge >= 0.3 is 0 Å². The molecule has 3 aromatic rings. The Labute approximate surface area is 211 Å². The van der Waals surface area contributed by atoms with Gasteiger partial charge in [0.15, 0.2) is 0 Å². The predicted molar refractivity (Wildman–Crippen MR) is 146 cm³/mol. The first-order valence-corrected chi connectivity index (χ1v) is 12.8. The normalized spacial score (nSPS) is 14.1. The van der Waals surface area contributed by atoms with Gasteiger partial charge in [-0.1, -0.05) is 70.2 Å². The molecule has 0 aromatic heterocycles. The second kappa shape index (κ2) is 13.8. The first kappa shape index (κ1) is 28.3. The Morgan fingerprint density at radius 2 is 1.40 bits per heavy atom. The van der Waals surface area contributed by atoms with Crippen molar-refractivity contribution in [2.45, 2.75) is 59.5 Å². The Morgan fingerprint density at radius 3 is 1.97 bits per heavy atom. The van der Waals surface area contributed by atoms with Crippen LogP contribution < -0.4 is 0 Å². The minimum absolute atomic E-state index is 0.0448. The van der Waals surface area contributed by atoms with E-state index in [0.717, 1.165) is 36.9 Å². The summed E-state index contributed by atoms with van der Waals surface area (Å²) in [5.74, 6) is -0.205. The minimum atomic E-state index is -0.250. The molecular weight excluding hydrogens is 435 g/mol. The fourth-order valence-corrected chi connectivity index (χ4v) is 4.40. The molecule has 0 spiro atoms. The Hall–Kier alpha value is -2.98. The van der Waals surface area contributed by atoms with Crippen LogP contribution in [0.1, 0.15) is 61.2 Å². The van der Waals surface area contributed by atoms with Crippen molar-refractivity contribution in [1.82, 2.24) is 9.80 Å². The summed E-state index contributed by atoms with van der Waals surface area (Å²) in [5, 5.41) is 0. The number of nitrogens with zero attached hydrogens (tertiary/aromatic N) is 2. The number of halogens is 1. The smallest absolute Gasteiger partial charge is 0.253 e. The highest BCUT2D eigenvalue weighted by Gasteiger charge is 2.26. The van der Waals surface area contributed by atoms with Crippen LogP contribution in [0.15, 0.2) is 66.7 Å². The van der Waals surface area contributed by atoms with Crippen molar-refractivity contribution in [2.24, 2.45) is 0 Å². The van der Waals surface area contributed by atoms with Crippen molar-refractivity contribution < 1.29 is 9.18 Å². The molecule has 0 fully saturated rings. The maximum absolute atomic E-state index is 13.1. The molecule has 1 atom stereocenters. The molecule has 3 nitrogen and oxygen atoms in total. The summed E-state index contributed by atoms with van der Waals surface area (Å²) in [6, 6.07) is 20.9. The Morgan fingerprint density at radius 1 is 0.829 bits per heavy atom. The number of benzene rings is 3. The average Bonchev–Trinajstić information content (AvgIpc) is 2.90. The van der Waals surface area contributed by atoms with Crippen LogP contribution in [0.5, 0.6) is 0 Å². The number of carbonyl (C=O) groups excluding carboxylic acids is 1. The molecule has 0 saturated carbocycles. The second-order valence-corrected chi connectivity index (χ2v) is 8.74. The molecule has 35 heavy (non-hydrogen) atoms. The fourth-order valence-electron chi connectivity index (χ4n) is 4.40. The molecule has 3 aromatic carbocycles. The monoisotopic (exact) mass is 476 g/mol. The minimum Gasteiger partial charge on any atom is -0.338 e. The van der Waals surface area contributed by atoms with Crippen LogP contribution in [0.25, 0.3) is 11.1 Å². The molecule has 0 aliphatic heterocycles. The molecule has 4 heteroatoms. The van der Waals surface area contributed by atoms with Gasteiger partial charge in [-0.3, -0.25) is 4.79 Å². The number of fused-ring (bicyclic) bond motifs is 1. The van der Waals surface area contributed by atoms with E-state index in [-0.39, 0.29) is 17.8 Å². The second-order valence-electron chi connectivity index (χ2n) is 8.74. The number of rotatable bonds is 5. The lowest BCUT2D eigenvalue weighted by Gasteiger charge is -2.33. The van der Waals surface area contributed by atoms with Crippen LogP contribution >= 0.6 is 0 Å². The molecule has 0 bridgehead atoms. The number of hydrogen-bond acceptors (Lipinski definition) is 2. The third-order valence-corrected chi connectivity index (χ3v) is 6.15. The Bertz CT molecular complexity index is 1060. The zero-order valence-electron chi connectivity index (χ0n) is 22.4. The lowest BCUT2D eigenvalue weighted by Crippen LogP contribution is -2.40. The van der Waals surface area contributed by atoms with Gasteiger partial charge in [0.05, 0.1) is 0 Å². The largest absolute Gasteiger partial charge is 0.338 e. The van der Waals surface area contributed by atoms with Gasteiger partial charge in [0.25, 0.3) is 5.91 Å². The fraction of sp³-hybridized carbons (Fsp3) is 0.387. The summed E-state index contributed by atoms with van der Waals surface area (Å²) >= 11 is 0. The molecule has 1 amide bonds. The summed E-state index contributed by atoms with van der Waals surface area (Å²) in [6.07, 6.45) is 2.88. The molecule has 1 aliphatic rings. The number of carbonyl (C=O) groups is 1. The van der Waals surface area contributed by atoms with Gasteiger partial charge in [-0.05, 0) is 85.4 Å². The van der Waals surface area contributed by atoms with Gasteiger partial charge in [0.1, 0.15) is 5.82 Å². The van der Waals surface area contributed by atoms with E-state index in [2.05, 4.69) is 37.2 Å². The summed E-state index contributed by atoms with van der Waals surface area (Å²) in [5.41, 5.74) is 6.70. The van der Waals surface area contributed by atoms with Crippen molar-refractivity contribution in [3.05, 3.63) is 94.8 Å². The van der Waals surface area contributed by atoms with E-state index >= 15 is 0 Å². The summed E-state index contributed by atoms with van der Waals surface area (Å²) in [6.45, 7) is 8.95. The third-order valence-electron chi connectivity index (χ3n) is 6.15. The van der Waals surface area contributed by atoms with E-state index in [9.17, 15) is 9.18 Å². The lowest BCUT2D eigenvalue weighted by atomic mass is 9.86. The molecule has 4 rings (SSSR count). The molecule has 0 N–H and O–H groups in total.